The zero-order chi connectivity index (χ0) is 16.4. The SMILES string of the molecule is O=C(Nc1cc(Cl)cc(Cl)c1)C1CCCN1C(=O)C1CCOC1. The van der Waals surface area contributed by atoms with Gasteiger partial charge >= 0.3 is 0 Å². The fraction of sp³-hybridized carbons (Fsp3) is 0.500. The van der Waals surface area contributed by atoms with Gasteiger partial charge in [-0.05, 0) is 37.5 Å². The minimum absolute atomic E-state index is 0.0178. The largest absolute Gasteiger partial charge is 0.381 e. The van der Waals surface area contributed by atoms with Crippen LogP contribution in [0.3, 0.4) is 0 Å². The van der Waals surface area contributed by atoms with Crippen LogP contribution in [-0.4, -0.2) is 42.5 Å². The predicted molar refractivity (Wildman–Crippen MR) is 88.8 cm³/mol. The highest BCUT2D eigenvalue weighted by Gasteiger charge is 2.38. The molecule has 1 aromatic rings. The maximum atomic E-state index is 12.5. The zero-order valence-electron chi connectivity index (χ0n) is 12.6. The lowest BCUT2D eigenvalue weighted by atomic mass is 10.1. The van der Waals surface area contributed by atoms with Gasteiger partial charge in [0.25, 0.3) is 0 Å². The van der Waals surface area contributed by atoms with Crippen molar-refractivity contribution in [1.82, 2.24) is 4.90 Å². The monoisotopic (exact) mass is 356 g/mol. The van der Waals surface area contributed by atoms with Crippen LogP contribution in [0, 0.1) is 5.92 Å². The van der Waals surface area contributed by atoms with Crippen molar-refractivity contribution in [2.75, 3.05) is 25.1 Å². The number of hydrogen-bond donors (Lipinski definition) is 1. The van der Waals surface area contributed by atoms with Gasteiger partial charge in [0.05, 0.1) is 12.5 Å². The molecular weight excluding hydrogens is 339 g/mol. The highest BCUT2D eigenvalue weighted by Crippen LogP contribution is 2.26. The number of amides is 2. The van der Waals surface area contributed by atoms with E-state index >= 15 is 0 Å². The molecule has 1 N–H and O–H groups in total. The summed E-state index contributed by atoms with van der Waals surface area (Å²) in [5.74, 6) is -0.304. The first-order chi connectivity index (χ1) is 11.0. The molecule has 3 rings (SSSR count). The maximum absolute atomic E-state index is 12.5. The van der Waals surface area contributed by atoms with Crippen molar-refractivity contribution >= 4 is 40.7 Å². The van der Waals surface area contributed by atoms with Crippen molar-refractivity contribution in [3.05, 3.63) is 28.2 Å². The fourth-order valence-electron chi connectivity index (χ4n) is 3.12. The lowest BCUT2D eigenvalue weighted by Crippen LogP contribution is -2.45. The molecule has 2 atom stereocenters. The second kappa shape index (κ2) is 7.07. The second-order valence-electron chi connectivity index (χ2n) is 5.90. The molecule has 0 bridgehead atoms. The second-order valence-corrected chi connectivity index (χ2v) is 6.77. The first kappa shape index (κ1) is 16.6. The van der Waals surface area contributed by atoms with Gasteiger partial charge < -0.3 is 15.0 Å². The number of halogens is 2. The van der Waals surface area contributed by atoms with Gasteiger partial charge in [-0.1, -0.05) is 23.2 Å². The summed E-state index contributed by atoms with van der Waals surface area (Å²) < 4.78 is 5.28. The number of ether oxygens (including phenoxy) is 1. The van der Waals surface area contributed by atoms with E-state index < -0.39 is 6.04 Å². The molecule has 1 aromatic carbocycles. The van der Waals surface area contributed by atoms with E-state index in [4.69, 9.17) is 27.9 Å². The molecule has 2 aliphatic rings. The normalized spacial score (nSPS) is 24.0. The third kappa shape index (κ3) is 3.79. The summed E-state index contributed by atoms with van der Waals surface area (Å²) >= 11 is 11.9. The van der Waals surface area contributed by atoms with E-state index in [-0.39, 0.29) is 17.7 Å². The minimum Gasteiger partial charge on any atom is -0.381 e. The molecule has 7 heteroatoms. The average molecular weight is 357 g/mol. The molecular formula is C16H18Cl2N2O3. The van der Waals surface area contributed by atoms with Gasteiger partial charge in [0.2, 0.25) is 11.8 Å². The van der Waals surface area contributed by atoms with Crippen molar-refractivity contribution in [1.29, 1.82) is 0 Å². The van der Waals surface area contributed by atoms with E-state index in [1.165, 1.54) is 0 Å². The van der Waals surface area contributed by atoms with Crippen LogP contribution in [0.4, 0.5) is 5.69 Å². The van der Waals surface area contributed by atoms with Crippen LogP contribution in [0.5, 0.6) is 0 Å². The Morgan fingerprint density at radius 2 is 1.91 bits per heavy atom. The number of carbonyl (C=O) groups excluding carboxylic acids is 2. The molecule has 0 saturated carbocycles. The number of carbonyl (C=O) groups is 2. The summed E-state index contributed by atoms with van der Waals surface area (Å²) in [6, 6.07) is 4.43. The number of hydrogen-bond acceptors (Lipinski definition) is 3. The van der Waals surface area contributed by atoms with Gasteiger partial charge in [0, 0.05) is 28.9 Å². The van der Waals surface area contributed by atoms with Gasteiger partial charge in [-0.15, -0.1) is 0 Å². The smallest absolute Gasteiger partial charge is 0.247 e. The van der Waals surface area contributed by atoms with Crippen molar-refractivity contribution in [3.63, 3.8) is 0 Å². The molecule has 23 heavy (non-hydrogen) atoms. The standard InChI is InChI=1S/C16H18Cl2N2O3/c17-11-6-12(18)8-13(7-11)19-15(21)14-2-1-4-20(14)16(22)10-3-5-23-9-10/h6-8,10,14H,1-5,9H2,(H,19,21). The Labute approximate surface area is 144 Å². The van der Waals surface area contributed by atoms with Crippen LogP contribution in [0.25, 0.3) is 0 Å². The molecule has 2 heterocycles. The first-order valence-corrected chi connectivity index (χ1v) is 8.45. The highest BCUT2D eigenvalue weighted by molar-refractivity contribution is 6.35. The van der Waals surface area contributed by atoms with Gasteiger partial charge in [-0.2, -0.15) is 0 Å². The Bertz CT molecular complexity index is 597. The van der Waals surface area contributed by atoms with Crippen LogP contribution >= 0.6 is 23.2 Å². The summed E-state index contributed by atoms with van der Waals surface area (Å²) in [7, 11) is 0. The van der Waals surface area contributed by atoms with E-state index in [0.717, 1.165) is 12.8 Å². The molecule has 0 aliphatic carbocycles. The van der Waals surface area contributed by atoms with Crippen molar-refractivity contribution in [3.8, 4) is 0 Å². The molecule has 2 amide bonds. The number of rotatable bonds is 3. The minimum atomic E-state index is -0.444. The van der Waals surface area contributed by atoms with E-state index in [0.29, 0.717) is 41.9 Å². The quantitative estimate of drug-likeness (QED) is 0.905. The zero-order valence-corrected chi connectivity index (χ0v) is 14.1. The highest BCUT2D eigenvalue weighted by atomic mass is 35.5. The third-order valence-electron chi connectivity index (χ3n) is 4.25. The number of benzene rings is 1. The Hall–Kier alpha value is -1.30. The molecule has 2 unspecified atom stereocenters. The van der Waals surface area contributed by atoms with E-state index in [1.807, 2.05) is 0 Å². The summed E-state index contributed by atoms with van der Waals surface area (Å²) in [5.41, 5.74) is 0.538. The first-order valence-electron chi connectivity index (χ1n) is 7.70. The molecule has 124 valence electrons. The summed E-state index contributed by atoms with van der Waals surface area (Å²) in [6.45, 7) is 1.68. The topological polar surface area (TPSA) is 58.6 Å². The molecule has 0 spiro atoms. The van der Waals surface area contributed by atoms with Crippen LogP contribution in [0.2, 0.25) is 10.0 Å². The Balaban J connectivity index is 1.69. The molecule has 0 radical (unpaired) electrons. The van der Waals surface area contributed by atoms with Gasteiger partial charge in [-0.25, -0.2) is 0 Å². The molecule has 0 aromatic heterocycles. The van der Waals surface area contributed by atoms with Crippen LogP contribution in [-0.2, 0) is 14.3 Å². The average Bonchev–Trinajstić information content (AvgIpc) is 3.17. The summed E-state index contributed by atoms with van der Waals surface area (Å²) in [4.78, 5) is 26.8. The van der Waals surface area contributed by atoms with Gasteiger partial charge in [0.15, 0.2) is 0 Å². The molecule has 2 fully saturated rings. The van der Waals surface area contributed by atoms with Crippen LogP contribution in [0.15, 0.2) is 18.2 Å². The maximum Gasteiger partial charge on any atom is 0.247 e. The number of nitrogens with zero attached hydrogens (tertiary/aromatic N) is 1. The molecule has 2 saturated heterocycles. The van der Waals surface area contributed by atoms with E-state index in [1.54, 1.807) is 23.1 Å². The Morgan fingerprint density at radius 1 is 1.17 bits per heavy atom. The number of nitrogens with one attached hydrogen (secondary N) is 1. The van der Waals surface area contributed by atoms with Crippen molar-refractivity contribution < 1.29 is 14.3 Å². The van der Waals surface area contributed by atoms with Crippen molar-refractivity contribution in [2.24, 2.45) is 5.92 Å². The van der Waals surface area contributed by atoms with Crippen LogP contribution in [0.1, 0.15) is 19.3 Å². The Morgan fingerprint density at radius 3 is 2.57 bits per heavy atom. The lowest BCUT2D eigenvalue weighted by molar-refractivity contribution is -0.140. The molecule has 5 nitrogen and oxygen atoms in total. The third-order valence-corrected chi connectivity index (χ3v) is 4.68. The van der Waals surface area contributed by atoms with Gasteiger partial charge in [0.1, 0.15) is 6.04 Å². The van der Waals surface area contributed by atoms with Gasteiger partial charge in [-0.3, -0.25) is 9.59 Å². The number of anilines is 1. The Kier molecular flexibility index (Phi) is 5.09. The van der Waals surface area contributed by atoms with Crippen LogP contribution < -0.4 is 5.32 Å². The summed E-state index contributed by atoms with van der Waals surface area (Å²) in [6.07, 6.45) is 2.22. The van der Waals surface area contributed by atoms with E-state index in [9.17, 15) is 9.59 Å². The lowest BCUT2D eigenvalue weighted by Gasteiger charge is -2.26. The predicted octanol–water partition coefficient (Wildman–Crippen LogP) is 2.96. The molecule has 2 aliphatic heterocycles. The van der Waals surface area contributed by atoms with Crippen molar-refractivity contribution in [2.45, 2.75) is 25.3 Å². The fourth-order valence-corrected chi connectivity index (χ4v) is 3.64. The number of likely N-dealkylation sites (tertiary alicyclic amines) is 1. The summed E-state index contributed by atoms with van der Waals surface area (Å²) in [5, 5.41) is 3.72. The van der Waals surface area contributed by atoms with E-state index in [2.05, 4.69) is 5.32 Å².